The van der Waals surface area contributed by atoms with Crippen molar-refractivity contribution in [3.63, 3.8) is 0 Å². The number of hydrogen-bond acceptors (Lipinski definition) is 4. The van der Waals surface area contributed by atoms with Crippen molar-refractivity contribution in [1.29, 1.82) is 0 Å². The number of halogens is 1. The summed E-state index contributed by atoms with van der Waals surface area (Å²) >= 11 is 3.52. The smallest absolute Gasteiger partial charge is 0.349 e. The summed E-state index contributed by atoms with van der Waals surface area (Å²) < 4.78 is 17.3. The Bertz CT molecular complexity index is 1280. The van der Waals surface area contributed by atoms with E-state index in [1.54, 1.807) is 13.2 Å². The summed E-state index contributed by atoms with van der Waals surface area (Å²) in [7, 11) is 1.54. The van der Waals surface area contributed by atoms with E-state index in [2.05, 4.69) is 15.9 Å². The standard InChI is InChI=1S/C29H23BrO4/c1-32-28-18-22(13-12-21-8-4-2-5-9-21)14-16-27(28)34-29(31)20-33-26-17-15-24(19-25(26)30)23-10-6-3-7-11-23/h2-19H,20H2,1H3/b13-12+. The van der Waals surface area contributed by atoms with Crippen LogP contribution in [0.5, 0.6) is 17.2 Å². The second-order valence-electron chi connectivity index (χ2n) is 7.43. The Morgan fingerprint density at radius 1 is 0.735 bits per heavy atom. The minimum atomic E-state index is -0.523. The third-order valence-electron chi connectivity index (χ3n) is 5.06. The predicted octanol–water partition coefficient (Wildman–Crippen LogP) is 7.28. The summed E-state index contributed by atoms with van der Waals surface area (Å²) in [5, 5.41) is 0. The van der Waals surface area contributed by atoms with E-state index in [1.165, 1.54) is 0 Å². The Morgan fingerprint density at radius 3 is 2.12 bits per heavy atom. The van der Waals surface area contributed by atoms with Gasteiger partial charge in [-0.1, -0.05) is 84.9 Å². The number of benzene rings is 4. The van der Waals surface area contributed by atoms with Crippen molar-refractivity contribution in [1.82, 2.24) is 0 Å². The van der Waals surface area contributed by atoms with E-state index in [9.17, 15) is 4.79 Å². The van der Waals surface area contributed by atoms with E-state index < -0.39 is 5.97 Å². The lowest BCUT2D eigenvalue weighted by atomic mass is 10.1. The SMILES string of the molecule is COc1cc(/C=C/c2ccccc2)ccc1OC(=O)COc1ccc(-c2ccccc2)cc1Br. The molecule has 0 radical (unpaired) electrons. The largest absolute Gasteiger partial charge is 0.493 e. The summed E-state index contributed by atoms with van der Waals surface area (Å²) in [6, 6.07) is 31.2. The first-order valence-electron chi connectivity index (χ1n) is 10.7. The van der Waals surface area contributed by atoms with E-state index in [-0.39, 0.29) is 6.61 Å². The van der Waals surface area contributed by atoms with Gasteiger partial charge >= 0.3 is 5.97 Å². The molecule has 5 heteroatoms. The average molecular weight is 515 g/mol. The topological polar surface area (TPSA) is 44.8 Å². The molecule has 0 saturated heterocycles. The molecular weight excluding hydrogens is 492 g/mol. The summed E-state index contributed by atoms with van der Waals surface area (Å²) in [4.78, 5) is 12.4. The molecule has 0 amide bonds. The van der Waals surface area contributed by atoms with Gasteiger partial charge in [-0.3, -0.25) is 0 Å². The molecule has 4 aromatic carbocycles. The van der Waals surface area contributed by atoms with Crippen molar-refractivity contribution in [3.8, 4) is 28.4 Å². The summed E-state index contributed by atoms with van der Waals surface area (Å²) in [6.45, 7) is -0.234. The fourth-order valence-corrected chi connectivity index (χ4v) is 3.84. The Hall–Kier alpha value is -3.83. The number of methoxy groups -OCH3 is 1. The molecule has 4 nitrogen and oxygen atoms in total. The average Bonchev–Trinajstić information content (AvgIpc) is 2.88. The maximum atomic E-state index is 12.4. The van der Waals surface area contributed by atoms with Crippen molar-refractivity contribution in [2.24, 2.45) is 0 Å². The van der Waals surface area contributed by atoms with Gasteiger partial charge in [0.2, 0.25) is 0 Å². The highest BCUT2D eigenvalue weighted by Crippen LogP contribution is 2.31. The molecule has 170 valence electrons. The highest BCUT2D eigenvalue weighted by molar-refractivity contribution is 9.10. The lowest BCUT2D eigenvalue weighted by molar-refractivity contribution is -0.136. The minimum absolute atomic E-state index is 0.234. The van der Waals surface area contributed by atoms with Crippen molar-refractivity contribution in [3.05, 3.63) is 113 Å². The van der Waals surface area contributed by atoms with Gasteiger partial charge in [-0.2, -0.15) is 0 Å². The van der Waals surface area contributed by atoms with Crippen LogP contribution in [0.25, 0.3) is 23.3 Å². The van der Waals surface area contributed by atoms with Crippen LogP contribution >= 0.6 is 15.9 Å². The van der Waals surface area contributed by atoms with Crippen LogP contribution in [0.15, 0.2) is 102 Å². The highest BCUT2D eigenvalue weighted by Gasteiger charge is 2.13. The normalized spacial score (nSPS) is 10.8. The molecule has 4 rings (SSSR count). The maximum absolute atomic E-state index is 12.4. The first-order valence-corrected chi connectivity index (χ1v) is 11.5. The number of ether oxygens (including phenoxy) is 3. The zero-order valence-corrected chi connectivity index (χ0v) is 20.2. The molecule has 0 spiro atoms. The molecular formula is C29H23BrO4. The predicted molar refractivity (Wildman–Crippen MR) is 139 cm³/mol. The van der Waals surface area contributed by atoms with Gasteiger partial charge in [0.15, 0.2) is 18.1 Å². The summed E-state index contributed by atoms with van der Waals surface area (Å²) in [6.07, 6.45) is 3.98. The van der Waals surface area contributed by atoms with Crippen LogP contribution < -0.4 is 14.2 Å². The number of carbonyl (C=O) groups excluding carboxylic acids is 1. The van der Waals surface area contributed by atoms with Gasteiger partial charge in [-0.25, -0.2) is 4.79 Å². The lowest BCUT2D eigenvalue weighted by Crippen LogP contribution is -2.18. The molecule has 0 bridgehead atoms. The molecule has 0 aliphatic rings. The third kappa shape index (κ3) is 6.15. The van der Waals surface area contributed by atoms with E-state index in [1.807, 2.05) is 103 Å². The molecule has 0 aromatic heterocycles. The number of esters is 1. The number of rotatable bonds is 8. The van der Waals surface area contributed by atoms with Gasteiger partial charge in [0, 0.05) is 0 Å². The first kappa shape index (κ1) is 23.3. The van der Waals surface area contributed by atoms with E-state index in [4.69, 9.17) is 14.2 Å². The quantitative estimate of drug-likeness (QED) is 0.141. The van der Waals surface area contributed by atoms with Crippen LogP contribution in [0.4, 0.5) is 0 Å². The third-order valence-corrected chi connectivity index (χ3v) is 5.68. The van der Waals surface area contributed by atoms with Crippen LogP contribution in [-0.4, -0.2) is 19.7 Å². The van der Waals surface area contributed by atoms with E-state index in [0.29, 0.717) is 17.2 Å². The van der Waals surface area contributed by atoms with Crippen LogP contribution in [0.1, 0.15) is 11.1 Å². The molecule has 0 atom stereocenters. The second-order valence-corrected chi connectivity index (χ2v) is 8.28. The molecule has 0 fully saturated rings. The Balaban J connectivity index is 1.37. The Kier molecular flexibility index (Phi) is 7.79. The minimum Gasteiger partial charge on any atom is -0.493 e. The van der Waals surface area contributed by atoms with E-state index >= 15 is 0 Å². The van der Waals surface area contributed by atoms with Gasteiger partial charge in [0.1, 0.15) is 5.75 Å². The number of carbonyl (C=O) groups is 1. The molecule has 0 saturated carbocycles. The van der Waals surface area contributed by atoms with Gasteiger partial charge in [0.25, 0.3) is 0 Å². The van der Waals surface area contributed by atoms with Crippen LogP contribution in [0.2, 0.25) is 0 Å². The highest BCUT2D eigenvalue weighted by atomic mass is 79.9. The molecule has 0 heterocycles. The lowest BCUT2D eigenvalue weighted by Gasteiger charge is -2.12. The second kappa shape index (κ2) is 11.3. The Labute approximate surface area is 207 Å². The molecule has 0 N–H and O–H groups in total. The first-order chi connectivity index (χ1) is 16.6. The van der Waals surface area contributed by atoms with Gasteiger partial charge in [-0.05, 0) is 62.4 Å². The van der Waals surface area contributed by atoms with Gasteiger partial charge in [0.05, 0.1) is 11.6 Å². The molecule has 0 aliphatic heterocycles. The molecule has 0 aliphatic carbocycles. The molecule has 0 unspecified atom stereocenters. The molecule has 4 aromatic rings. The van der Waals surface area contributed by atoms with Gasteiger partial charge < -0.3 is 14.2 Å². The summed E-state index contributed by atoms with van der Waals surface area (Å²) in [5.74, 6) is 0.846. The van der Waals surface area contributed by atoms with Crippen LogP contribution in [0, 0.1) is 0 Å². The van der Waals surface area contributed by atoms with Crippen molar-refractivity contribution < 1.29 is 19.0 Å². The van der Waals surface area contributed by atoms with Crippen molar-refractivity contribution >= 4 is 34.1 Å². The zero-order chi connectivity index (χ0) is 23.8. The monoisotopic (exact) mass is 514 g/mol. The fraction of sp³-hybridized carbons (Fsp3) is 0.0690. The van der Waals surface area contributed by atoms with E-state index in [0.717, 1.165) is 26.7 Å². The zero-order valence-electron chi connectivity index (χ0n) is 18.6. The number of hydrogen-bond donors (Lipinski definition) is 0. The summed E-state index contributed by atoms with van der Waals surface area (Å²) in [5.41, 5.74) is 4.17. The van der Waals surface area contributed by atoms with Gasteiger partial charge in [-0.15, -0.1) is 0 Å². The van der Waals surface area contributed by atoms with Crippen LogP contribution in [0.3, 0.4) is 0 Å². The van der Waals surface area contributed by atoms with Crippen molar-refractivity contribution in [2.45, 2.75) is 0 Å². The Morgan fingerprint density at radius 2 is 1.41 bits per heavy atom. The van der Waals surface area contributed by atoms with Crippen LogP contribution in [-0.2, 0) is 4.79 Å². The molecule has 34 heavy (non-hydrogen) atoms. The van der Waals surface area contributed by atoms with Crippen molar-refractivity contribution in [2.75, 3.05) is 13.7 Å². The maximum Gasteiger partial charge on any atom is 0.349 e. The fourth-order valence-electron chi connectivity index (χ4n) is 3.35.